The zero-order chi connectivity index (χ0) is 8.27. The van der Waals surface area contributed by atoms with Crippen molar-refractivity contribution in [1.29, 1.82) is 0 Å². The lowest BCUT2D eigenvalue weighted by Gasteiger charge is -2.06. The van der Waals surface area contributed by atoms with Crippen molar-refractivity contribution in [1.82, 2.24) is 3.94 Å². The first-order chi connectivity index (χ1) is 5.20. The lowest BCUT2D eigenvalue weighted by atomic mass is 10.1. The largest absolute Gasteiger partial charge is 0.127 e. The van der Waals surface area contributed by atoms with E-state index < -0.39 is 0 Å². The highest BCUT2D eigenvalue weighted by molar-refractivity contribution is 6.33. The van der Waals surface area contributed by atoms with Crippen LogP contribution in [0.3, 0.4) is 0 Å². The second-order valence-electron chi connectivity index (χ2n) is 2.39. The fourth-order valence-electron chi connectivity index (χ4n) is 0.916. The summed E-state index contributed by atoms with van der Waals surface area (Å²) in [6.45, 7) is 2.60. The summed E-state index contributed by atoms with van der Waals surface area (Å²) in [7, 11) is 0. The molecular weight excluding hydrogens is 181 g/mol. The van der Waals surface area contributed by atoms with Crippen LogP contribution >= 0.6 is 23.6 Å². The van der Waals surface area contributed by atoms with Crippen LogP contribution in [0, 0.1) is 6.92 Å². The zero-order valence-corrected chi connectivity index (χ0v) is 7.73. The third kappa shape index (κ3) is 2.70. The highest BCUT2D eigenvalue weighted by Gasteiger charge is 1.99. The van der Waals surface area contributed by atoms with Gasteiger partial charge in [-0.3, -0.25) is 0 Å². The maximum absolute atomic E-state index is 5.48. The van der Waals surface area contributed by atoms with E-state index in [9.17, 15) is 0 Å². The molecule has 0 radical (unpaired) electrons. The van der Waals surface area contributed by atoms with E-state index in [2.05, 4.69) is 0 Å². The van der Waals surface area contributed by atoms with Gasteiger partial charge in [0.05, 0.1) is 6.54 Å². The van der Waals surface area contributed by atoms with Gasteiger partial charge < -0.3 is 0 Å². The predicted octanol–water partition coefficient (Wildman–Crippen LogP) is 3.10. The molecule has 1 aromatic carbocycles. The molecule has 0 bridgehead atoms. The van der Waals surface area contributed by atoms with E-state index in [1.165, 1.54) is 5.56 Å². The average molecular weight is 190 g/mol. The lowest BCUT2D eigenvalue weighted by molar-refractivity contribution is 0.700. The average Bonchev–Trinajstić information content (AvgIpc) is 1.93. The maximum Gasteiger partial charge on any atom is 0.0557 e. The predicted molar refractivity (Wildman–Crippen MR) is 48.4 cm³/mol. The van der Waals surface area contributed by atoms with Crippen LogP contribution in [0.25, 0.3) is 0 Å². The summed E-state index contributed by atoms with van der Waals surface area (Å²) in [5, 5.41) is 0. The Kier molecular flexibility index (Phi) is 3.18. The lowest BCUT2D eigenvalue weighted by Crippen LogP contribution is -1.99. The van der Waals surface area contributed by atoms with Gasteiger partial charge in [-0.1, -0.05) is 24.3 Å². The van der Waals surface area contributed by atoms with Crippen LogP contribution in [0.5, 0.6) is 0 Å². The van der Waals surface area contributed by atoms with Crippen molar-refractivity contribution >= 4 is 23.6 Å². The first-order valence-electron chi connectivity index (χ1n) is 3.34. The number of halogens is 2. The molecule has 0 aliphatic rings. The Balaban J connectivity index is 2.78. The summed E-state index contributed by atoms with van der Waals surface area (Å²) in [6, 6.07) is 8.00. The van der Waals surface area contributed by atoms with E-state index in [1.54, 1.807) is 0 Å². The molecule has 1 rings (SSSR count). The van der Waals surface area contributed by atoms with Crippen molar-refractivity contribution in [3.8, 4) is 0 Å². The number of nitrogens with zero attached hydrogens (tertiary/aromatic N) is 1. The Morgan fingerprint density at radius 1 is 1.27 bits per heavy atom. The number of hydrogen-bond donors (Lipinski definition) is 0. The molecule has 0 aliphatic heterocycles. The third-order valence-corrected chi connectivity index (χ3v) is 1.79. The molecule has 0 unspecified atom stereocenters. The third-order valence-electron chi connectivity index (χ3n) is 1.55. The quantitative estimate of drug-likeness (QED) is 0.647. The molecular formula is C8H9Cl2N. The molecule has 1 aromatic rings. The van der Waals surface area contributed by atoms with Gasteiger partial charge in [0.2, 0.25) is 0 Å². The molecule has 0 aliphatic carbocycles. The van der Waals surface area contributed by atoms with Gasteiger partial charge in [0.1, 0.15) is 0 Å². The molecule has 0 spiro atoms. The van der Waals surface area contributed by atoms with Gasteiger partial charge >= 0.3 is 0 Å². The number of rotatable bonds is 2. The molecule has 0 fully saturated rings. The van der Waals surface area contributed by atoms with Crippen LogP contribution in [-0.4, -0.2) is 3.94 Å². The van der Waals surface area contributed by atoms with Gasteiger partial charge in [-0.15, -0.1) is 3.94 Å². The van der Waals surface area contributed by atoms with Crippen LogP contribution < -0.4 is 0 Å². The van der Waals surface area contributed by atoms with Crippen molar-refractivity contribution < 1.29 is 0 Å². The molecule has 0 saturated carbocycles. The Morgan fingerprint density at radius 2 is 1.91 bits per heavy atom. The van der Waals surface area contributed by atoms with Gasteiger partial charge in [0.25, 0.3) is 0 Å². The molecule has 11 heavy (non-hydrogen) atoms. The van der Waals surface area contributed by atoms with Gasteiger partial charge in [-0.05, 0) is 41.6 Å². The highest BCUT2D eigenvalue weighted by atomic mass is 35.5. The van der Waals surface area contributed by atoms with Crippen LogP contribution in [-0.2, 0) is 6.54 Å². The Hall–Kier alpha value is -0.240. The number of benzene rings is 1. The minimum Gasteiger partial charge on any atom is -0.127 e. The highest BCUT2D eigenvalue weighted by Crippen LogP contribution is 2.12. The second-order valence-corrected chi connectivity index (χ2v) is 3.38. The van der Waals surface area contributed by atoms with Crippen molar-refractivity contribution in [2.75, 3.05) is 0 Å². The van der Waals surface area contributed by atoms with Crippen molar-refractivity contribution in [2.24, 2.45) is 0 Å². The summed E-state index contributed by atoms with van der Waals surface area (Å²) in [6.07, 6.45) is 0. The standard InChI is InChI=1S/C8H9Cl2N/c1-7-4-2-3-5-8(7)6-11(9)10/h2-5H,6H2,1H3. The van der Waals surface area contributed by atoms with Crippen LogP contribution in [0.4, 0.5) is 0 Å². The summed E-state index contributed by atoms with van der Waals surface area (Å²) >= 11 is 11.0. The Morgan fingerprint density at radius 3 is 2.45 bits per heavy atom. The van der Waals surface area contributed by atoms with Gasteiger partial charge in [-0.25, -0.2) is 0 Å². The Bertz CT molecular complexity index is 235. The monoisotopic (exact) mass is 189 g/mol. The van der Waals surface area contributed by atoms with Crippen LogP contribution in [0.1, 0.15) is 11.1 Å². The van der Waals surface area contributed by atoms with E-state index in [1.807, 2.05) is 31.2 Å². The van der Waals surface area contributed by atoms with Gasteiger partial charge in [-0.2, -0.15) is 0 Å². The summed E-state index contributed by atoms with van der Waals surface area (Å²) in [5.74, 6) is 0. The first kappa shape index (κ1) is 8.85. The summed E-state index contributed by atoms with van der Waals surface area (Å²) < 4.78 is 1.13. The van der Waals surface area contributed by atoms with E-state index >= 15 is 0 Å². The van der Waals surface area contributed by atoms with E-state index in [0.717, 1.165) is 9.50 Å². The minimum absolute atomic E-state index is 0.565. The molecule has 0 amide bonds. The molecule has 0 heterocycles. The molecule has 0 saturated heterocycles. The van der Waals surface area contributed by atoms with E-state index in [-0.39, 0.29) is 0 Å². The SMILES string of the molecule is Cc1ccccc1CN(Cl)Cl. The Labute approximate surface area is 76.8 Å². The van der Waals surface area contributed by atoms with Crippen LogP contribution in [0.2, 0.25) is 0 Å². The molecule has 0 N–H and O–H groups in total. The van der Waals surface area contributed by atoms with Crippen LogP contribution in [0.15, 0.2) is 24.3 Å². The molecule has 1 nitrogen and oxygen atoms in total. The number of hydrogen-bond acceptors (Lipinski definition) is 1. The van der Waals surface area contributed by atoms with Crippen molar-refractivity contribution in [3.05, 3.63) is 35.4 Å². The molecule has 0 atom stereocenters. The maximum atomic E-state index is 5.48. The summed E-state index contributed by atoms with van der Waals surface area (Å²) in [4.78, 5) is 0. The molecule has 0 aromatic heterocycles. The fourth-order valence-corrected chi connectivity index (χ4v) is 1.17. The smallest absolute Gasteiger partial charge is 0.0557 e. The van der Waals surface area contributed by atoms with E-state index in [0.29, 0.717) is 6.54 Å². The summed E-state index contributed by atoms with van der Waals surface area (Å²) in [5.41, 5.74) is 2.36. The van der Waals surface area contributed by atoms with Gasteiger partial charge in [0, 0.05) is 0 Å². The molecule has 3 heteroatoms. The van der Waals surface area contributed by atoms with Crippen molar-refractivity contribution in [3.63, 3.8) is 0 Å². The minimum atomic E-state index is 0.565. The molecule has 60 valence electrons. The number of aryl methyl sites for hydroxylation is 1. The first-order valence-corrected chi connectivity index (χ1v) is 4.01. The van der Waals surface area contributed by atoms with Gasteiger partial charge in [0.15, 0.2) is 0 Å². The van der Waals surface area contributed by atoms with Crippen molar-refractivity contribution in [2.45, 2.75) is 13.5 Å². The van der Waals surface area contributed by atoms with E-state index in [4.69, 9.17) is 23.6 Å². The second kappa shape index (κ2) is 3.96. The normalized spacial score (nSPS) is 10.5. The topological polar surface area (TPSA) is 3.24 Å². The fraction of sp³-hybridized carbons (Fsp3) is 0.250. The zero-order valence-electron chi connectivity index (χ0n) is 6.22.